The van der Waals surface area contributed by atoms with Gasteiger partial charge in [0.05, 0.1) is 0 Å². The topological polar surface area (TPSA) is 0 Å². The molecule has 0 aromatic rings. The second kappa shape index (κ2) is 9.88. The predicted molar refractivity (Wildman–Crippen MR) is 40.9 cm³/mol. The first kappa shape index (κ1) is 10.7. The van der Waals surface area contributed by atoms with E-state index in [2.05, 4.69) is 29.5 Å². The fourth-order valence-electron chi connectivity index (χ4n) is 0.134. The Bertz CT molecular complexity index is 15.0. The summed E-state index contributed by atoms with van der Waals surface area (Å²) in [5.41, 5.74) is 0. The SMILES string of the molecule is CCCCI.[NaH]. The molecule has 2 heteroatoms. The van der Waals surface area contributed by atoms with Gasteiger partial charge in [-0.3, -0.25) is 0 Å². The van der Waals surface area contributed by atoms with Crippen molar-refractivity contribution in [3.8, 4) is 0 Å². The summed E-state index contributed by atoms with van der Waals surface area (Å²) in [7, 11) is 0. The van der Waals surface area contributed by atoms with Crippen LogP contribution < -0.4 is 0 Å². The zero-order valence-electron chi connectivity index (χ0n) is 3.50. The Morgan fingerprint density at radius 2 is 2.00 bits per heavy atom. The maximum atomic E-state index is 2.39. The average molecular weight is 208 g/mol. The van der Waals surface area contributed by atoms with Crippen LogP contribution in [0.2, 0.25) is 0 Å². The van der Waals surface area contributed by atoms with Gasteiger partial charge in [0, 0.05) is 0 Å². The Morgan fingerprint density at radius 1 is 1.50 bits per heavy atom. The average Bonchev–Trinajstić information content (AvgIpc) is 1.41. The molecule has 0 aliphatic carbocycles. The van der Waals surface area contributed by atoms with E-state index in [-0.39, 0.29) is 29.6 Å². The van der Waals surface area contributed by atoms with Crippen LogP contribution in [0.3, 0.4) is 0 Å². The standard InChI is InChI=1S/C4H9I.Na.H/c1-2-3-4-5;;/h2-4H2,1H3;;. The van der Waals surface area contributed by atoms with Crippen molar-refractivity contribution in [2.24, 2.45) is 0 Å². The zero-order valence-corrected chi connectivity index (χ0v) is 5.66. The molecule has 0 nitrogen and oxygen atoms in total. The van der Waals surface area contributed by atoms with Crippen molar-refractivity contribution in [2.75, 3.05) is 4.43 Å². The third kappa shape index (κ3) is 9.21. The van der Waals surface area contributed by atoms with Crippen LogP contribution in [0, 0.1) is 0 Å². The Hall–Kier alpha value is 1.73. The molecule has 34 valence electrons. The number of unbranched alkanes of at least 4 members (excludes halogenated alkanes) is 1. The molecule has 0 rings (SSSR count). The van der Waals surface area contributed by atoms with Crippen LogP contribution in [0.25, 0.3) is 0 Å². The van der Waals surface area contributed by atoms with Crippen molar-refractivity contribution in [1.29, 1.82) is 0 Å². The molecule has 0 fully saturated rings. The van der Waals surface area contributed by atoms with E-state index in [1.165, 1.54) is 17.3 Å². The van der Waals surface area contributed by atoms with E-state index in [0.29, 0.717) is 0 Å². The monoisotopic (exact) mass is 208 g/mol. The molecule has 0 heterocycles. The van der Waals surface area contributed by atoms with Crippen molar-refractivity contribution in [1.82, 2.24) is 0 Å². The molecule has 0 N–H and O–H groups in total. The molecule has 0 bridgehead atoms. The first-order valence-corrected chi connectivity index (χ1v) is 3.50. The second-order valence-electron chi connectivity index (χ2n) is 1.04. The van der Waals surface area contributed by atoms with Crippen LogP contribution in [0.1, 0.15) is 19.8 Å². The van der Waals surface area contributed by atoms with E-state index < -0.39 is 0 Å². The Balaban J connectivity index is 0. The molecule has 0 saturated carbocycles. The van der Waals surface area contributed by atoms with Gasteiger partial charge in [0.1, 0.15) is 0 Å². The van der Waals surface area contributed by atoms with Crippen LogP contribution >= 0.6 is 22.6 Å². The molecule has 0 amide bonds. The second-order valence-corrected chi connectivity index (χ2v) is 2.12. The van der Waals surface area contributed by atoms with Crippen molar-refractivity contribution in [3.05, 3.63) is 0 Å². The first-order valence-electron chi connectivity index (χ1n) is 1.97. The fraction of sp³-hybridized carbons (Fsp3) is 1.00. The van der Waals surface area contributed by atoms with Crippen LogP contribution in [0.4, 0.5) is 0 Å². The number of hydrogen-bond donors (Lipinski definition) is 0. The molecular formula is C4H10INa. The van der Waals surface area contributed by atoms with Gasteiger partial charge in [0.2, 0.25) is 0 Å². The summed E-state index contributed by atoms with van der Waals surface area (Å²) in [5.74, 6) is 0. The van der Waals surface area contributed by atoms with E-state index in [1.54, 1.807) is 0 Å². The van der Waals surface area contributed by atoms with Crippen molar-refractivity contribution < 1.29 is 0 Å². The molecule has 0 aromatic heterocycles. The van der Waals surface area contributed by atoms with E-state index in [4.69, 9.17) is 0 Å². The summed E-state index contributed by atoms with van der Waals surface area (Å²) in [6.45, 7) is 2.21. The summed E-state index contributed by atoms with van der Waals surface area (Å²) in [6, 6.07) is 0. The quantitative estimate of drug-likeness (QED) is 0.367. The summed E-state index contributed by atoms with van der Waals surface area (Å²) >= 11 is 2.39. The van der Waals surface area contributed by atoms with Gasteiger partial charge < -0.3 is 0 Å². The van der Waals surface area contributed by atoms with E-state index in [9.17, 15) is 0 Å². The predicted octanol–water partition coefficient (Wildman–Crippen LogP) is 1.57. The van der Waals surface area contributed by atoms with Crippen LogP contribution in [-0.2, 0) is 0 Å². The molecule has 0 saturated heterocycles. The summed E-state index contributed by atoms with van der Waals surface area (Å²) in [6.07, 6.45) is 2.71. The molecular weight excluding hydrogens is 198 g/mol. The fourth-order valence-corrected chi connectivity index (χ4v) is 0.896. The van der Waals surface area contributed by atoms with E-state index >= 15 is 0 Å². The summed E-state index contributed by atoms with van der Waals surface area (Å²) < 4.78 is 1.31. The number of rotatable bonds is 2. The molecule has 0 aliphatic heterocycles. The van der Waals surface area contributed by atoms with Gasteiger partial charge >= 0.3 is 29.6 Å². The Morgan fingerprint density at radius 3 is 2.00 bits per heavy atom. The van der Waals surface area contributed by atoms with Gasteiger partial charge in [-0.1, -0.05) is 35.9 Å². The van der Waals surface area contributed by atoms with Gasteiger partial charge in [-0.25, -0.2) is 0 Å². The third-order valence-corrected chi connectivity index (χ3v) is 1.25. The minimum absolute atomic E-state index is 0. The van der Waals surface area contributed by atoms with Crippen molar-refractivity contribution in [3.63, 3.8) is 0 Å². The molecule has 0 unspecified atom stereocenters. The van der Waals surface area contributed by atoms with E-state index in [1.807, 2.05) is 0 Å². The van der Waals surface area contributed by atoms with Crippen molar-refractivity contribution >= 4 is 52.1 Å². The molecule has 0 atom stereocenters. The van der Waals surface area contributed by atoms with Gasteiger partial charge in [-0.05, 0) is 10.8 Å². The number of halogens is 1. The molecule has 0 aliphatic rings. The van der Waals surface area contributed by atoms with Gasteiger partial charge in [0.15, 0.2) is 0 Å². The van der Waals surface area contributed by atoms with Gasteiger partial charge in [-0.15, -0.1) is 0 Å². The number of alkyl halides is 1. The zero-order chi connectivity index (χ0) is 4.12. The van der Waals surface area contributed by atoms with Gasteiger partial charge in [0.25, 0.3) is 0 Å². The Labute approximate surface area is 75.5 Å². The van der Waals surface area contributed by atoms with E-state index in [0.717, 1.165) is 0 Å². The number of hydrogen-bond acceptors (Lipinski definition) is 0. The first-order chi connectivity index (χ1) is 2.41. The normalized spacial score (nSPS) is 7.00. The molecule has 0 radical (unpaired) electrons. The molecule has 6 heavy (non-hydrogen) atoms. The maximum absolute atomic E-state index is 2.39. The molecule has 0 spiro atoms. The summed E-state index contributed by atoms with van der Waals surface area (Å²) in [4.78, 5) is 0. The third-order valence-electron chi connectivity index (χ3n) is 0.487. The minimum atomic E-state index is 0. The van der Waals surface area contributed by atoms with Gasteiger partial charge in [-0.2, -0.15) is 0 Å². The van der Waals surface area contributed by atoms with Crippen LogP contribution in [0.5, 0.6) is 0 Å². The van der Waals surface area contributed by atoms with Crippen molar-refractivity contribution in [2.45, 2.75) is 19.8 Å². The van der Waals surface area contributed by atoms with Crippen LogP contribution in [-0.4, -0.2) is 34.0 Å². The molecule has 0 aromatic carbocycles. The summed E-state index contributed by atoms with van der Waals surface area (Å²) in [5, 5.41) is 0. The Kier molecular flexibility index (Phi) is 17.6. The van der Waals surface area contributed by atoms with Crippen LogP contribution in [0.15, 0.2) is 0 Å².